The molecule has 0 radical (unpaired) electrons. The van der Waals surface area contributed by atoms with Crippen molar-refractivity contribution in [2.75, 3.05) is 13.6 Å². The Morgan fingerprint density at radius 3 is 2.56 bits per heavy atom. The van der Waals surface area contributed by atoms with Crippen LogP contribution in [-0.4, -0.2) is 40.3 Å². The first kappa shape index (κ1) is 17.1. The molecular weight excluding hydrogens is 316 g/mol. The number of nitrogens with zero attached hydrogens (tertiary/aromatic N) is 3. The van der Waals surface area contributed by atoms with Gasteiger partial charge in [0.2, 0.25) is 11.8 Å². The zero-order chi connectivity index (χ0) is 17.7. The second-order valence-electron chi connectivity index (χ2n) is 6.42. The van der Waals surface area contributed by atoms with Crippen molar-refractivity contribution >= 4 is 11.8 Å². The molecule has 1 aliphatic carbocycles. The maximum absolute atomic E-state index is 12.7. The van der Waals surface area contributed by atoms with Crippen LogP contribution in [0.15, 0.2) is 48.9 Å². The summed E-state index contributed by atoms with van der Waals surface area (Å²) in [5.41, 5.74) is 1.02. The van der Waals surface area contributed by atoms with Gasteiger partial charge in [-0.3, -0.25) is 19.6 Å². The minimum absolute atomic E-state index is 0.0972. The molecule has 1 fully saturated rings. The molecule has 0 aliphatic heterocycles. The van der Waals surface area contributed by atoms with Crippen LogP contribution in [0.25, 0.3) is 0 Å². The van der Waals surface area contributed by atoms with E-state index in [1.807, 2.05) is 30.3 Å². The Morgan fingerprint density at radius 2 is 1.92 bits per heavy atom. The van der Waals surface area contributed by atoms with Crippen molar-refractivity contribution in [1.82, 2.24) is 20.2 Å². The topological polar surface area (TPSA) is 75.2 Å². The number of aromatic nitrogens is 2. The lowest BCUT2D eigenvalue weighted by Gasteiger charge is -2.23. The number of nitrogens with one attached hydrogen (secondary N) is 1. The lowest BCUT2D eigenvalue weighted by atomic mass is 10.0. The van der Waals surface area contributed by atoms with Crippen molar-refractivity contribution in [3.8, 4) is 0 Å². The monoisotopic (exact) mass is 338 g/mol. The summed E-state index contributed by atoms with van der Waals surface area (Å²) in [7, 11) is 1.76. The van der Waals surface area contributed by atoms with E-state index in [0.717, 1.165) is 17.7 Å². The number of likely N-dealkylation sites (N-methyl/N-ethyl adjacent to an activating group) is 1. The summed E-state index contributed by atoms with van der Waals surface area (Å²) >= 11 is 0. The van der Waals surface area contributed by atoms with E-state index in [1.165, 1.54) is 0 Å². The van der Waals surface area contributed by atoms with Crippen LogP contribution in [0.2, 0.25) is 0 Å². The van der Waals surface area contributed by atoms with Crippen LogP contribution in [0.1, 0.15) is 24.1 Å². The minimum Gasteiger partial charge on any atom is -0.350 e. The second-order valence-corrected chi connectivity index (χ2v) is 6.42. The van der Waals surface area contributed by atoms with Gasteiger partial charge in [0.15, 0.2) is 0 Å². The van der Waals surface area contributed by atoms with Gasteiger partial charge in [-0.05, 0) is 49.1 Å². The Bertz CT molecular complexity index is 730. The average molecular weight is 338 g/mol. The molecule has 3 rings (SSSR count). The number of amides is 2. The van der Waals surface area contributed by atoms with Crippen LogP contribution < -0.4 is 5.32 Å². The Morgan fingerprint density at radius 1 is 1.16 bits per heavy atom. The normalized spacial score (nSPS) is 14.6. The van der Waals surface area contributed by atoms with E-state index in [4.69, 9.17) is 0 Å². The zero-order valence-electron chi connectivity index (χ0n) is 14.3. The van der Waals surface area contributed by atoms with Gasteiger partial charge in [-0.1, -0.05) is 6.07 Å². The highest BCUT2D eigenvalue weighted by molar-refractivity contribution is 6.07. The van der Waals surface area contributed by atoms with E-state index < -0.39 is 5.41 Å². The highest BCUT2D eigenvalue weighted by atomic mass is 16.2. The molecule has 0 unspecified atom stereocenters. The molecule has 6 nitrogen and oxygen atoms in total. The Hall–Kier alpha value is -2.76. The van der Waals surface area contributed by atoms with Gasteiger partial charge in [-0.2, -0.15) is 0 Å². The third-order valence-corrected chi connectivity index (χ3v) is 4.58. The van der Waals surface area contributed by atoms with E-state index in [-0.39, 0.29) is 11.8 Å². The Kier molecular flexibility index (Phi) is 5.07. The van der Waals surface area contributed by atoms with Crippen molar-refractivity contribution in [1.29, 1.82) is 0 Å². The molecule has 0 atom stereocenters. The molecule has 130 valence electrons. The zero-order valence-corrected chi connectivity index (χ0v) is 14.3. The fourth-order valence-corrected chi connectivity index (χ4v) is 2.82. The SMILES string of the molecule is CN(CCc1ccncc1)C(=O)C1(C(=O)NCc2ccccn2)CC1. The largest absolute Gasteiger partial charge is 0.350 e. The summed E-state index contributed by atoms with van der Waals surface area (Å²) < 4.78 is 0. The molecular formula is C19H22N4O2. The highest BCUT2D eigenvalue weighted by Gasteiger charge is 2.57. The summed E-state index contributed by atoms with van der Waals surface area (Å²) in [6, 6.07) is 9.42. The maximum Gasteiger partial charge on any atom is 0.238 e. The number of pyridine rings is 2. The first-order valence-corrected chi connectivity index (χ1v) is 8.44. The van der Waals surface area contributed by atoms with Crippen LogP contribution in [0.4, 0.5) is 0 Å². The molecule has 0 aromatic carbocycles. The van der Waals surface area contributed by atoms with Gasteiger partial charge in [0.05, 0.1) is 12.2 Å². The van der Waals surface area contributed by atoms with Gasteiger partial charge in [0.25, 0.3) is 0 Å². The van der Waals surface area contributed by atoms with Crippen LogP contribution in [0.3, 0.4) is 0 Å². The van der Waals surface area contributed by atoms with Crippen molar-refractivity contribution in [2.24, 2.45) is 5.41 Å². The standard InChI is InChI=1S/C19H22N4O2/c1-23(13-7-15-5-11-20-12-6-15)18(25)19(8-9-19)17(24)22-14-16-4-2-3-10-21-16/h2-6,10-12H,7-9,13-14H2,1H3,(H,22,24). The average Bonchev–Trinajstić information content (AvgIpc) is 3.47. The lowest BCUT2D eigenvalue weighted by Crippen LogP contribution is -2.44. The fraction of sp³-hybridized carbons (Fsp3) is 0.368. The lowest BCUT2D eigenvalue weighted by molar-refractivity contribution is -0.143. The quantitative estimate of drug-likeness (QED) is 0.778. The first-order chi connectivity index (χ1) is 12.1. The van der Waals surface area contributed by atoms with Gasteiger partial charge in [0, 0.05) is 32.2 Å². The maximum atomic E-state index is 12.7. The summed E-state index contributed by atoms with van der Waals surface area (Å²) in [5, 5.41) is 2.85. The molecule has 2 aromatic heterocycles. The van der Waals surface area contributed by atoms with Gasteiger partial charge in [0.1, 0.15) is 5.41 Å². The minimum atomic E-state index is -0.887. The Balaban J connectivity index is 1.54. The second kappa shape index (κ2) is 7.42. The molecule has 2 aromatic rings. The van der Waals surface area contributed by atoms with E-state index in [0.29, 0.717) is 25.9 Å². The number of hydrogen-bond donors (Lipinski definition) is 1. The number of carbonyl (C=O) groups excluding carboxylic acids is 2. The molecule has 6 heteroatoms. The fourth-order valence-electron chi connectivity index (χ4n) is 2.82. The molecule has 0 spiro atoms. The molecule has 1 saturated carbocycles. The molecule has 1 aliphatic rings. The van der Waals surface area contributed by atoms with Crippen molar-refractivity contribution in [2.45, 2.75) is 25.8 Å². The molecule has 2 amide bonds. The summed E-state index contributed by atoms with van der Waals surface area (Å²) in [6.07, 6.45) is 7.14. The van der Waals surface area contributed by atoms with E-state index in [9.17, 15) is 9.59 Å². The number of hydrogen-bond acceptors (Lipinski definition) is 4. The Labute approximate surface area is 147 Å². The third-order valence-electron chi connectivity index (χ3n) is 4.58. The van der Waals surface area contributed by atoms with Crippen molar-refractivity contribution in [3.63, 3.8) is 0 Å². The predicted octanol–water partition coefficient (Wildman–Crippen LogP) is 1.57. The predicted molar refractivity (Wildman–Crippen MR) is 93.3 cm³/mol. The highest BCUT2D eigenvalue weighted by Crippen LogP contribution is 2.47. The molecule has 1 N–H and O–H groups in total. The van der Waals surface area contributed by atoms with Gasteiger partial charge in [-0.15, -0.1) is 0 Å². The van der Waals surface area contributed by atoms with E-state index >= 15 is 0 Å². The number of carbonyl (C=O) groups is 2. The van der Waals surface area contributed by atoms with Gasteiger partial charge >= 0.3 is 0 Å². The summed E-state index contributed by atoms with van der Waals surface area (Å²) in [6.45, 7) is 0.924. The molecule has 0 bridgehead atoms. The van der Waals surface area contributed by atoms with Crippen LogP contribution in [0, 0.1) is 5.41 Å². The van der Waals surface area contributed by atoms with Gasteiger partial charge < -0.3 is 10.2 Å². The van der Waals surface area contributed by atoms with Crippen LogP contribution in [0.5, 0.6) is 0 Å². The molecule has 2 heterocycles. The number of rotatable bonds is 7. The first-order valence-electron chi connectivity index (χ1n) is 8.44. The molecule has 0 saturated heterocycles. The van der Waals surface area contributed by atoms with Crippen molar-refractivity contribution < 1.29 is 9.59 Å². The van der Waals surface area contributed by atoms with Crippen molar-refractivity contribution in [3.05, 3.63) is 60.2 Å². The van der Waals surface area contributed by atoms with Crippen LogP contribution >= 0.6 is 0 Å². The summed E-state index contributed by atoms with van der Waals surface area (Å²) in [5.74, 6) is -0.293. The smallest absolute Gasteiger partial charge is 0.238 e. The van der Waals surface area contributed by atoms with E-state index in [1.54, 1.807) is 30.5 Å². The van der Waals surface area contributed by atoms with Crippen LogP contribution in [-0.2, 0) is 22.6 Å². The van der Waals surface area contributed by atoms with E-state index in [2.05, 4.69) is 15.3 Å². The molecule has 25 heavy (non-hydrogen) atoms. The third kappa shape index (κ3) is 4.02. The summed E-state index contributed by atoms with van der Waals surface area (Å²) in [4.78, 5) is 35.1. The van der Waals surface area contributed by atoms with Gasteiger partial charge in [-0.25, -0.2) is 0 Å².